The molecule has 4 aromatic rings. The standard InChI is InChI=1S/C42H48N6O4/c1-23-33(5-3-7-37(23)47-41(51)39-17-35(25-9-10-25)27(21-45-39)19-43-29-13-31(49)14-29)34-6-4-8-38(24(34)2)48-42(52)40-18-36(26-11-12-26)28(22-46-40)20-44-30-15-32(50)16-30/h3-8,17-18,21-22,25-26,29-32,43-44,49-50H,9-16,19-20H2,1-2H3,(H,47,51)(H,48,52)/t29-,30?,31+,32?. The first-order valence-electron chi connectivity index (χ1n) is 18.8. The maximum atomic E-state index is 13.6. The molecule has 4 aliphatic rings. The number of aliphatic hydroxyl groups excluding tert-OH is 2. The predicted octanol–water partition coefficient (Wildman–Crippen LogP) is 6.25. The van der Waals surface area contributed by atoms with Gasteiger partial charge in [-0.3, -0.25) is 19.6 Å². The van der Waals surface area contributed by atoms with E-state index in [9.17, 15) is 19.8 Å². The third kappa shape index (κ3) is 7.52. The van der Waals surface area contributed by atoms with Gasteiger partial charge in [-0.1, -0.05) is 24.3 Å². The fourth-order valence-electron chi connectivity index (χ4n) is 7.61. The van der Waals surface area contributed by atoms with Gasteiger partial charge >= 0.3 is 0 Å². The van der Waals surface area contributed by atoms with E-state index in [2.05, 4.69) is 31.2 Å². The Morgan fingerprint density at radius 1 is 0.654 bits per heavy atom. The van der Waals surface area contributed by atoms with E-state index in [0.717, 1.165) is 84.7 Å². The molecule has 2 aromatic heterocycles. The average molecular weight is 701 g/mol. The molecule has 4 fully saturated rings. The Hall–Kier alpha value is -4.48. The van der Waals surface area contributed by atoms with E-state index in [1.165, 1.54) is 11.1 Å². The molecule has 2 amide bonds. The Labute approximate surface area is 304 Å². The molecule has 0 bridgehead atoms. The molecule has 0 saturated heterocycles. The molecular weight excluding hydrogens is 652 g/mol. The second-order valence-electron chi connectivity index (χ2n) is 15.4. The Morgan fingerprint density at radius 3 is 1.42 bits per heavy atom. The minimum Gasteiger partial charge on any atom is -0.393 e. The molecule has 10 nitrogen and oxygen atoms in total. The van der Waals surface area contributed by atoms with Gasteiger partial charge in [0.25, 0.3) is 11.8 Å². The number of benzene rings is 2. The first-order valence-corrected chi connectivity index (χ1v) is 18.8. The zero-order valence-electron chi connectivity index (χ0n) is 29.9. The van der Waals surface area contributed by atoms with Gasteiger partial charge < -0.3 is 31.5 Å². The third-order valence-corrected chi connectivity index (χ3v) is 11.4. The number of anilines is 2. The lowest BCUT2D eigenvalue weighted by Gasteiger charge is -2.32. The van der Waals surface area contributed by atoms with E-state index < -0.39 is 0 Å². The smallest absolute Gasteiger partial charge is 0.274 e. The number of pyridine rings is 2. The maximum absolute atomic E-state index is 13.6. The molecule has 0 atom stereocenters. The summed E-state index contributed by atoms with van der Waals surface area (Å²) < 4.78 is 0. The molecule has 6 N–H and O–H groups in total. The van der Waals surface area contributed by atoms with Crippen molar-refractivity contribution < 1.29 is 19.8 Å². The summed E-state index contributed by atoms with van der Waals surface area (Å²) in [7, 11) is 0. The Morgan fingerprint density at radius 2 is 1.06 bits per heavy atom. The van der Waals surface area contributed by atoms with Crippen LogP contribution in [0.25, 0.3) is 11.1 Å². The van der Waals surface area contributed by atoms with Crippen LogP contribution in [-0.4, -0.2) is 56.3 Å². The van der Waals surface area contributed by atoms with Crippen LogP contribution in [0.1, 0.15) is 118 Å². The van der Waals surface area contributed by atoms with Crippen LogP contribution in [0.15, 0.2) is 60.9 Å². The average Bonchev–Trinajstić information content (AvgIpc) is 4.04. The number of aliphatic hydroxyl groups is 2. The Balaban J connectivity index is 0.959. The Kier molecular flexibility index (Phi) is 9.65. The first kappa shape index (κ1) is 34.6. The van der Waals surface area contributed by atoms with Gasteiger partial charge in [0.2, 0.25) is 0 Å². The first-order chi connectivity index (χ1) is 25.2. The molecule has 2 heterocycles. The minimum absolute atomic E-state index is 0.200. The quantitative estimate of drug-likeness (QED) is 0.0960. The van der Waals surface area contributed by atoms with Crippen LogP contribution in [0.2, 0.25) is 0 Å². The number of hydrogen-bond donors (Lipinski definition) is 6. The zero-order valence-corrected chi connectivity index (χ0v) is 29.9. The number of nitrogens with one attached hydrogen (secondary N) is 4. The Bertz CT molecular complexity index is 1850. The molecule has 4 aliphatic carbocycles. The van der Waals surface area contributed by atoms with Crippen LogP contribution >= 0.6 is 0 Å². The molecule has 0 aliphatic heterocycles. The predicted molar refractivity (Wildman–Crippen MR) is 201 cm³/mol. The van der Waals surface area contributed by atoms with E-state index in [-0.39, 0.29) is 24.0 Å². The number of carbonyl (C=O) groups excluding carboxylic acids is 2. The SMILES string of the molecule is Cc1c(NC(=O)c2cc(C3CC3)c(CNC3CC(O)C3)cn2)cccc1-c1cccc(NC(=O)c2cc(C3CC3)c(CN[C@H]3C[C@@H](O)C3)cn2)c1C. The van der Waals surface area contributed by atoms with Crippen molar-refractivity contribution in [3.63, 3.8) is 0 Å². The van der Waals surface area contributed by atoms with Crippen LogP contribution in [0.3, 0.4) is 0 Å². The molecule has 0 radical (unpaired) electrons. The molecule has 52 heavy (non-hydrogen) atoms. The van der Waals surface area contributed by atoms with Crippen molar-refractivity contribution in [1.29, 1.82) is 0 Å². The molecule has 0 unspecified atom stereocenters. The largest absolute Gasteiger partial charge is 0.393 e. The number of amides is 2. The van der Waals surface area contributed by atoms with Gasteiger partial charge in [-0.05, 0) is 146 Å². The zero-order chi connectivity index (χ0) is 35.9. The van der Waals surface area contributed by atoms with E-state index >= 15 is 0 Å². The minimum atomic E-state index is -0.247. The monoisotopic (exact) mass is 700 g/mol. The lowest BCUT2D eigenvalue weighted by atomic mass is 9.89. The van der Waals surface area contributed by atoms with Crippen LogP contribution in [0.4, 0.5) is 11.4 Å². The topological polar surface area (TPSA) is 148 Å². The van der Waals surface area contributed by atoms with Crippen molar-refractivity contribution in [3.05, 3.63) is 106 Å². The van der Waals surface area contributed by atoms with Crippen LogP contribution < -0.4 is 21.3 Å². The summed E-state index contributed by atoms with van der Waals surface area (Å²) in [5.41, 5.74) is 10.6. The van der Waals surface area contributed by atoms with Crippen molar-refractivity contribution in [2.75, 3.05) is 10.6 Å². The van der Waals surface area contributed by atoms with Gasteiger partial charge in [-0.15, -0.1) is 0 Å². The van der Waals surface area contributed by atoms with Crippen molar-refractivity contribution in [2.45, 2.75) is 114 Å². The molecule has 4 saturated carbocycles. The maximum Gasteiger partial charge on any atom is 0.274 e. The van der Waals surface area contributed by atoms with Crippen molar-refractivity contribution in [1.82, 2.24) is 20.6 Å². The second kappa shape index (κ2) is 14.5. The number of carbonyl (C=O) groups is 2. The highest BCUT2D eigenvalue weighted by Gasteiger charge is 2.31. The lowest BCUT2D eigenvalue weighted by Crippen LogP contribution is -2.43. The number of hydrogen-bond acceptors (Lipinski definition) is 8. The van der Waals surface area contributed by atoms with Crippen LogP contribution in [0, 0.1) is 13.8 Å². The summed E-state index contributed by atoms with van der Waals surface area (Å²) in [6.07, 6.45) is 10.9. The summed E-state index contributed by atoms with van der Waals surface area (Å²) in [4.78, 5) is 36.2. The molecule has 8 rings (SSSR count). The summed E-state index contributed by atoms with van der Waals surface area (Å²) in [5, 5.41) is 32.5. The van der Waals surface area contributed by atoms with Crippen molar-refractivity contribution in [3.8, 4) is 11.1 Å². The summed E-state index contributed by atoms with van der Waals surface area (Å²) in [5.74, 6) is 0.432. The van der Waals surface area contributed by atoms with Gasteiger partial charge in [0.15, 0.2) is 0 Å². The molecule has 270 valence electrons. The third-order valence-electron chi connectivity index (χ3n) is 11.4. The highest BCUT2D eigenvalue weighted by atomic mass is 16.3. The van der Waals surface area contributed by atoms with Gasteiger partial charge in [-0.25, -0.2) is 0 Å². The van der Waals surface area contributed by atoms with Gasteiger partial charge in [0.05, 0.1) is 12.2 Å². The van der Waals surface area contributed by atoms with Gasteiger partial charge in [-0.2, -0.15) is 0 Å². The fourth-order valence-corrected chi connectivity index (χ4v) is 7.61. The highest BCUT2D eigenvalue weighted by molar-refractivity contribution is 6.05. The lowest BCUT2D eigenvalue weighted by molar-refractivity contribution is 0.0615. The van der Waals surface area contributed by atoms with Crippen LogP contribution in [0.5, 0.6) is 0 Å². The van der Waals surface area contributed by atoms with E-state index in [1.54, 1.807) is 0 Å². The summed E-state index contributed by atoms with van der Waals surface area (Å²) >= 11 is 0. The normalized spacial score (nSPS) is 22.3. The van der Waals surface area contributed by atoms with Crippen LogP contribution in [-0.2, 0) is 13.1 Å². The van der Waals surface area contributed by atoms with Gasteiger partial charge in [0, 0.05) is 48.9 Å². The number of aromatic nitrogens is 2. The van der Waals surface area contributed by atoms with E-state index in [0.29, 0.717) is 59.8 Å². The molecule has 2 aromatic carbocycles. The van der Waals surface area contributed by atoms with Crippen molar-refractivity contribution in [2.24, 2.45) is 0 Å². The second-order valence-corrected chi connectivity index (χ2v) is 15.4. The van der Waals surface area contributed by atoms with Crippen molar-refractivity contribution >= 4 is 23.2 Å². The molecular formula is C42H48N6O4. The summed E-state index contributed by atoms with van der Waals surface area (Å²) in [6, 6.07) is 16.3. The number of nitrogens with zero attached hydrogens (tertiary/aromatic N) is 2. The van der Waals surface area contributed by atoms with Gasteiger partial charge in [0.1, 0.15) is 11.4 Å². The number of rotatable bonds is 13. The summed E-state index contributed by atoms with van der Waals surface area (Å²) in [6.45, 7) is 5.37. The highest BCUT2D eigenvalue weighted by Crippen LogP contribution is 2.43. The molecule has 0 spiro atoms. The molecule has 10 heteroatoms. The fraction of sp³-hybridized carbons (Fsp3) is 0.429. The van der Waals surface area contributed by atoms with E-state index in [1.807, 2.05) is 74.8 Å². The van der Waals surface area contributed by atoms with E-state index in [4.69, 9.17) is 0 Å².